The summed E-state index contributed by atoms with van der Waals surface area (Å²) in [6, 6.07) is 10.3. The molecule has 3 unspecified atom stereocenters. The van der Waals surface area contributed by atoms with E-state index in [0.717, 1.165) is 12.0 Å². The lowest BCUT2D eigenvalue weighted by atomic mass is 10.00. The van der Waals surface area contributed by atoms with Gasteiger partial charge in [-0.05, 0) is 39.2 Å². The summed E-state index contributed by atoms with van der Waals surface area (Å²) in [4.78, 5) is 12.1. The van der Waals surface area contributed by atoms with E-state index in [9.17, 15) is 4.79 Å². The molecule has 0 bridgehead atoms. The van der Waals surface area contributed by atoms with Crippen LogP contribution in [-0.4, -0.2) is 24.3 Å². The minimum atomic E-state index is -0.497. The summed E-state index contributed by atoms with van der Waals surface area (Å²) in [5, 5.41) is 6.51. The second kappa shape index (κ2) is 8.92. The van der Waals surface area contributed by atoms with Crippen molar-refractivity contribution in [3.63, 3.8) is 0 Å². The molecule has 1 amide bonds. The molecule has 1 aromatic carbocycles. The maximum atomic E-state index is 12.1. The van der Waals surface area contributed by atoms with E-state index in [4.69, 9.17) is 4.74 Å². The van der Waals surface area contributed by atoms with E-state index in [1.54, 1.807) is 0 Å². The van der Waals surface area contributed by atoms with E-state index in [-0.39, 0.29) is 12.1 Å². The highest BCUT2D eigenvalue weighted by atomic mass is 16.6. The Bertz CT molecular complexity index is 468. The second-order valence-electron chi connectivity index (χ2n) is 7.19. The summed E-state index contributed by atoms with van der Waals surface area (Å²) >= 11 is 0. The van der Waals surface area contributed by atoms with Gasteiger partial charge in [0.1, 0.15) is 5.60 Å². The molecule has 23 heavy (non-hydrogen) atoms. The van der Waals surface area contributed by atoms with Gasteiger partial charge in [-0.25, -0.2) is 4.79 Å². The van der Waals surface area contributed by atoms with Crippen molar-refractivity contribution in [3.05, 3.63) is 35.9 Å². The van der Waals surface area contributed by atoms with Crippen molar-refractivity contribution in [3.8, 4) is 0 Å². The number of nitrogens with one attached hydrogen (secondary N) is 2. The van der Waals surface area contributed by atoms with E-state index < -0.39 is 5.60 Å². The van der Waals surface area contributed by atoms with Crippen molar-refractivity contribution < 1.29 is 9.53 Å². The lowest BCUT2D eigenvalue weighted by molar-refractivity contribution is 0.0502. The molecule has 0 heterocycles. The molecule has 1 rings (SSSR count). The normalized spacial score (nSPS) is 15.6. The molecule has 0 saturated heterocycles. The van der Waals surface area contributed by atoms with Gasteiger partial charge in [-0.1, -0.05) is 50.6 Å². The number of carbonyl (C=O) groups excluding carboxylic acids is 1. The second-order valence-corrected chi connectivity index (χ2v) is 7.19. The zero-order chi connectivity index (χ0) is 17.5. The molecule has 0 aliphatic carbocycles. The molecule has 2 N–H and O–H groups in total. The Hall–Kier alpha value is -1.55. The van der Waals surface area contributed by atoms with Crippen molar-refractivity contribution in [2.75, 3.05) is 6.54 Å². The number of hydrogen-bond donors (Lipinski definition) is 2. The van der Waals surface area contributed by atoms with E-state index in [0.29, 0.717) is 18.5 Å². The number of ether oxygens (including phenoxy) is 1. The van der Waals surface area contributed by atoms with E-state index in [2.05, 4.69) is 31.4 Å². The average Bonchev–Trinajstić information content (AvgIpc) is 2.49. The summed E-state index contributed by atoms with van der Waals surface area (Å²) in [5.74, 6) is 0.591. The first-order valence-electron chi connectivity index (χ1n) is 8.50. The van der Waals surface area contributed by atoms with Gasteiger partial charge in [-0.2, -0.15) is 0 Å². The first-order valence-corrected chi connectivity index (χ1v) is 8.50. The minimum absolute atomic E-state index is 0.113. The third kappa shape index (κ3) is 7.51. The molecule has 0 fully saturated rings. The Morgan fingerprint density at radius 3 is 2.30 bits per heavy atom. The number of alkyl carbamates (subject to hydrolysis) is 1. The van der Waals surface area contributed by atoms with Crippen LogP contribution in [0.2, 0.25) is 0 Å². The topological polar surface area (TPSA) is 50.4 Å². The van der Waals surface area contributed by atoms with Crippen molar-refractivity contribution >= 4 is 6.09 Å². The smallest absolute Gasteiger partial charge is 0.408 e. The third-order valence-electron chi connectivity index (χ3n) is 4.03. The molecular formula is C19H32N2O2. The molecule has 0 aromatic heterocycles. The summed E-state index contributed by atoms with van der Waals surface area (Å²) in [7, 11) is 0. The van der Waals surface area contributed by atoms with Crippen molar-refractivity contribution in [1.29, 1.82) is 0 Å². The van der Waals surface area contributed by atoms with Crippen LogP contribution in [0.4, 0.5) is 4.79 Å². The standard InChI is InChI=1S/C19H32N2O2/c1-7-14(2)15(3)20-13-17(16-11-9-8-10-12-16)21-18(22)23-19(4,5)6/h8-12,14-15,17,20H,7,13H2,1-6H3,(H,21,22). The van der Waals surface area contributed by atoms with E-state index in [1.807, 2.05) is 51.1 Å². The van der Waals surface area contributed by atoms with Gasteiger partial charge in [0.15, 0.2) is 0 Å². The maximum absolute atomic E-state index is 12.1. The summed E-state index contributed by atoms with van der Waals surface area (Å²) in [6.07, 6.45) is 0.744. The quantitative estimate of drug-likeness (QED) is 0.788. The lowest BCUT2D eigenvalue weighted by Gasteiger charge is -2.27. The molecule has 0 saturated carbocycles. The van der Waals surface area contributed by atoms with Gasteiger partial charge in [0.2, 0.25) is 0 Å². The molecule has 4 nitrogen and oxygen atoms in total. The third-order valence-corrected chi connectivity index (χ3v) is 4.03. The van der Waals surface area contributed by atoms with Crippen LogP contribution in [0.15, 0.2) is 30.3 Å². The Kier molecular flexibility index (Phi) is 7.56. The summed E-state index contributed by atoms with van der Waals surface area (Å²) in [5.41, 5.74) is 0.574. The van der Waals surface area contributed by atoms with Crippen LogP contribution >= 0.6 is 0 Å². The highest BCUT2D eigenvalue weighted by molar-refractivity contribution is 5.68. The SMILES string of the molecule is CCC(C)C(C)NCC(NC(=O)OC(C)(C)C)c1ccccc1. The van der Waals surface area contributed by atoms with Gasteiger partial charge in [-0.3, -0.25) is 0 Å². The molecule has 0 aliphatic rings. The Morgan fingerprint density at radius 1 is 1.17 bits per heavy atom. The van der Waals surface area contributed by atoms with Crippen LogP contribution in [0.25, 0.3) is 0 Å². The van der Waals surface area contributed by atoms with E-state index >= 15 is 0 Å². The number of carbonyl (C=O) groups is 1. The van der Waals surface area contributed by atoms with Crippen LogP contribution in [0, 0.1) is 5.92 Å². The maximum Gasteiger partial charge on any atom is 0.408 e. The Morgan fingerprint density at radius 2 is 1.78 bits per heavy atom. The fourth-order valence-electron chi connectivity index (χ4n) is 2.25. The van der Waals surface area contributed by atoms with Gasteiger partial charge >= 0.3 is 6.09 Å². The number of benzene rings is 1. The van der Waals surface area contributed by atoms with Crippen molar-refractivity contribution in [2.45, 2.75) is 65.6 Å². The number of hydrogen-bond acceptors (Lipinski definition) is 3. The van der Waals surface area contributed by atoms with Crippen LogP contribution in [-0.2, 0) is 4.74 Å². The van der Waals surface area contributed by atoms with Crippen LogP contribution in [0.1, 0.15) is 59.6 Å². The van der Waals surface area contributed by atoms with Crippen LogP contribution in [0.5, 0.6) is 0 Å². The Labute approximate surface area is 141 Å². The van der Waals surface area contributed by atoms with Crippen LogP contribution < -0.4 is 10.6 Å². The average molecular weight is 320 g/mol. The highest BCUT2D eigenvalue weighted by Gasteiger charge is 2.21. The predicted octanol–water partition coefficient (Wildman–Crippen LogP) is 4.28. The molecule has 130 valence electrons. The first-order chi connectivity index (χ1) is 10.7. The van der Waals surface area contributed by atoms with E-state index in [1.165, 1.54) is 0 Å². The van der Waals surface area contributed by atoms with Crippen molar-refractivity contribution in [2.24, 2.45) is 5.92 Å². The zero-order valence-corrected chi connectivity index (χ0v) is 15.3. The first kappa shape index (κ1) is 19.5. The Balaban J connectivity index is 2.73. The van der Waals surface area contributed by atoms with Crippen LogP contribution in [0.3, 0.4) is 0 Å². The zero-order valence-electron chi connectivity index (χ0n) is 15.3. The minimum Gasteiger partial charge on any atom is -0.444 e. The number of rotatable bonds is 7. The van der Waals surface area contributed by atoms with Gasteiger partial charge in [0.05, 0.1) is 6.04 Å². The highest BCUT2D eigenvalue weighted by Crippen LogP contribution is 2.15. The predicted molar refractivity (Wildman–Crippen MR) is 95.5 cm³/mol. The molecule has 0 spiro atoms. The fraction of sp³-hybridized carbons (Fsp3) is 0.632. The summed E-state index contributed by atoms with van der Waals surface area (Å²) in [6.45, 7) is 12.9. The summed E-state index contributed by atoms with van der Waals surface area (Å²) < 4.78 is 5.39. The van der Waals surface area contributed by atoms with Gasteiger partial charge in [0.25, 0.3) is 0 Å². The molecule has 3 atom stereocenters. The van der Waals surface area contributed by atoms with Gasteiger partial charge in [-0.15, -0.1) is 0 Å². The fourth-order valence-corrected chi connectivity index (χ4v) is 2.25. The lowest BCUT2D eigenvalue weighted by Crippen LogP contribution is -2.42. The molecule has 1 aromatic rings. The number of amides is 1. The molecule has 0 radical (unpaired) electrons. The molecule has 4 heteroatoms. The van der Waals surface area contributed by atoms with Gasteiger partial charge < -0.3 is 15.4 Å². The largest absolute Gasteiger partial charge is 0.444 e. The monoisotopic (exact) mass is 320 g/mol. The molecule has 0 aliphatic heterocycles. The van der Waals surface area contributed by atoms with Crippen molar-refractivity contribution in [1.82, 2.24) is 10.6 Å². The molecular weight excluding hydrogens is 288 g/mol. The van der Waals surface area contributed by atoms with Gasteiger partial charge in [0, 0.05) is 12.6 Å².